The number of rotatable bonds is 4. The zero-order valence-corrected chi connectivity index (χ0v) is 12.9. The third-order valence-corrected chi connectivity index (χ3v) is 3.90. The van der Waals surface area contributed by atoms with E-state index in [-0.39, 0.29) is 0 Å². The molecule has 3 rings (SSSR count). The summed E-state index contributed by atoms with van der Waals surface area (Å²) in [6, 6.07) is 14.4. The maximum Gasteiger partial charge on any atom is 0.146 e. The lowest BCUT2D eigenvalue weighted by Gasteiger charge is -2.09. The van der Waals surface area contributed by atoms with Crippen molar-refractivity contribution in [2.45, 2.75) is 19.2 Å². The lowest BCUT2D eigenvalue weighted by molar-refractivity contribution is 0.419. The number of fused-ring (bicyclic) bond motifs is 1. The second-order valence-corrected chi connectivity index (χ2v) is 5.11. The molecular formula is C17H17ClN2O. The van der Waals surface area contributed by atoms with Crippen LogP contribution in [0.25, 0.3) is 16.7 Å². The molecule has 0 atom stereocenters. The summed E-state index contributed by atoms with van der Waals surface area (Å²) in [6.45, 7) is 2.15. The van der Waals surface area contributed by atoms with Crippen LogP contribution in [0.5, 0.6) is 5.75 Å². The normalized spacial score (nSPS) is 11.0. The first-order valence-corrected chi connectivity index (χ1v) is 7.51. The third-order valence-electron chi connectivity index (χ3n) is 3.66. The molecule has 0 spiro atoms. The second-order valence-electron chi connectivity index (χ2n) is 4.85. The first-order valence-electron chi connectivity index (χ1n) is 6.98. The fourth-order valence-electron chi connectivity index (χ4n) is 2.54. The van der Waals surface area contributed by atoms with Crippen molar-refractivity contribution in [2.24, 2.45) is 0 Å². The number of halogens is 1. The molecule has 3 nitrogen and oxygen atoms in total. The number of para-hydroxylation sites is 1. The zero-order valence-electron chi connectivity index (χ0n) is 12.1. The standard InChI is InChI=1S/C17H17ClN2O/c1-3-12-7-9-13(10-8-12)20-14-5-4-6-15(21-2)17(14)19-16(20)11-18/h4-10H,3,11H2,1-2H3. The highest BCUT2D eigenvalue weighted by Crippen LogP contribution is 2.29. The number of imidazole rings is 1. The van der Waals surface area contributed by atoms with E-state index in [0.29, 0.717) is 5.88 Å². The molecule has 3 aromatic rings. The van der Waals surface area contributed by atoms with Crippen LogP contribution in [-0.4, -0.2) is 16.7 Å². The molecule has 0 fully saturated rings. The Morgan fingerprint density at radius 3 is 2.52 bits per heavy atom. The van der Waals surface area contributed by atoms with E-state index in [9.17, 15) is 0 Å². The predicted molar refractivity (Wildman–Crippen MR) is 86.6 cm³/mol. The van der Waals surface area contributed by atoms with Gasteiger partial charge in [0.1, 0.15) is 17.1 Å². The van der Waals surface area contributed by atoms with Gasteiger partial charge in [0.25, 0.3) is 0 Å². The van der Waals surface area contributed by atoms with E-state index in [1.165, 1.54) is 5.56 Å². The van der Waals surface area contributed by atoms with Crippen molar-refractivity contribution in [1.29, 1.82) is 0 Å². The maximum absolute atomic E-state index is 6.08. The molecule has 0 aliphatic rings. The van der Waals surface area contributed by atoms with Crippen LogP contribution >= 0.6 is 11.6 Å². The summed E-state index contributed by atoms with van der Waals surface area (Å²) in [5, 5.41) is 0. The average molecular weight is 301 g/mol. The maximum atomic E-state index is 6.08. The van der Waals surface area contributed by atoms with Crippen LogP contribution < -0.4 is 4.74 Å². The molecule has 1 aromatic heterocycles. The van der Waals surface area contributed by atoms with E-state index in [2.05, 4.69) is 40.7 Å². The molecule has 0 bridgehead atoms. The Balaban J connectivity index is 2.24. The quantitative estimate of drug-likeness (QED) is 0.670. The molecule has 0 aliphatic heterocycles. The molecule has 4 heteroatoms. The lowest BCUT2D eigenvalue weighted by atomic mass is 10.1. The summed E-state index contributed by atoms with van der Waals surface area (Å²) >= 11 is 6.08. The number of methoxy groups -OCH3 is 1. The van der Waals surface area contributed by atoms with Gasteiger partial charge in [-0.3, -0.25) is 4.57 Å². The SMILES string of the molecule is CCc1ccc(-n2c(CCl)nc3c(OC)cccc32)cc1. The van der Waals surface area contributed by atoms with Gasteiger partial charge >= 0.3 is 0 Å². The monoisotopic (exact) mass is 300 g/mol. The molecule has 21 heavy (non-hydrogen) atoms. The van der Waals surface area contributed by atoms with Gasteiger partial charge in [-0.1, -0.05) is 25.1 Å². The van der Waals surface area contributed by atoms with E-state index in [1.807, 2.05) is 18.2 Å². The number of hydrogen-bond acceptors (Lipinski definition) is 2. The van der Waals surface area contributed by atoms with Gasteiger partial charge < -0.3 is 4.74 Å². The molecule has 0 aliphatic carbocycles. The van der Waals surface area contributed by atoms with Crippen LogP contribution in [0, 0.1) is 0 Å². The summed E-state index contributed by atoms with van der Waals surface area (Å²) in [7, 11) is 1.66. The smallest absolute Gasteiger partial charge is 0.146 e. The molecular weight excluding hydrogens is 284 g/mol. The van der Waals surface area contributed by atoms with Crippen molar-refractivity contribution in [3.8, 4) is 11.4 Å². The molecule has 2 aromatic carbocycles. The Labute approximate surface area is 129 Å². The summed E-state index contributed by atoms with van der Waals surface area (Å²) in [5.74, 6) is 1.94. The fourth-order valence-corrected chi connectivity index (χ4v) is 2.72. The minimum Gasteiger partial charge on any atom is -0.494 e. The number of aromatic nitrogens is 2. The number of hydrogen-bond donors (Lipinski definition) is 0. The van der Waals surface area contributed by atoms with Crippen LogP contribution in [0.4, 0.5) is 0 Å². The molecule has 0 N–H and O–H groups in total. The molecule has 0 amide bonds. The largest absolute Gasteiger partial charge is 0.494 e. The van der Waals surface area contributed by atoms with Crippen molar-refractivity contribution in [3.05, 3.63) is 53.9 Å². The van der Waals surface area contributed by atoms with Crippen LogP contribution in [0.1, 0.15) is 18.3 Å². The van der Waals surface area contributed by atoms with Crippen LogP contribution in [-0.2, 0) is 12.3 Å². The van der Waals surface area contributed by atoms with E-state index in [4.69, 9.17) is 16.3 Å². The third kappa shape index (κ3) is 2.38. The number of nitrogens with zero attached hydrogens (tertiary/aromatic N) is 2. The second kappa shape index (κ2) is 5.78. The summed E-state index contributed by atoms with van der Waals surface area (Å²) in [4.78, 5) is 4.63. The minimum absolute atomic E-state index is 0.355. The molecule has 0 saturated carbocycles. The van der Waals surface area contributed by atoms with E-state index >= 15 is 0 Å². The van der Waals surface area contributed by atoms with E-state index in [0.717, 1.165) is 34.7 Å². The van der Waals surface area contributed by atoms with E-state index < -0.39 is 0 Å². The Morgan fingerprint density at radius 2 is 1.90 bits per heavy atom. The van der Waals surface area contributed by atoms with Crippen LogP contribution in [0.2, 0.25) is 0 Å². The Kier molecular flexibility index (Phi) is 3.84. The summed E-state index contributed by atoms with van der Waals surface area (Å²) in [5.41, 5.74) is 4.23. The van der Waals surface area contributed by atoms with Crippen molar-refractivity contribution < 1.29 is 4.74 Å². The van der Waals surface area contributed by atoms with Crippen molar-refractivity contribution >= 4 is 22.6 Å². The average Bonchev–Trinajstić information content (AvgIpc) is 2.93. The predicted octanol–water partition coefficient (Wildman–Crippen LogP) is 4.34. The highest BCUT2D eigenvalue weighted by molar-refractivity contribution is 6.17. The highest BCUT2D eigenvalue weighted by atomic mass is 35.5. The highest BCUT2D eigenvalue weighted by Gasteiger charge is 2.14. The molecule has 0 saturated heterocycles. The molecule has 0 unspecified atom stereocenters. The molecule has 1 heterocycles. The first-order chi connectivity index (χ1) is 10.3. The van der Waals surface area contributed by atoms with Gasteiger partial charge in [-0.2, -0.15) is 0 Å². The van der Waals surface area contributed by atoms with Gasteiger partial charge in [0.2, 0.25) is 0 Å². The van der Waals surface area contributed by atoms with Gasteiger partial charge in [0, 0.05) is 5.69 Å². The Bertz CT molecular complexity index is 762. The number of benzene rings is 2. The Morgan fingerprint density at radius 1 is 1.14 bits per heavy atom. The van der Waals surface area contributed by atoms with Gasteiger partial charge in [-0.15, -0.1) is 11.6 Å². The summed E-state index contributed by atoms with van der Waals surface area (Å²) < 4.78 is 7.48. The zero-order chi connectivity index (χ0) is 14.8. The number of alkyl halides is 1. The Hall–Kier alpha value is -2.00. The van der Waals surface area contributed by atoms with Crippen molar-refractivity contribution in [2.75, 3.05) is 7.11 Å². The number of aryl methyl sites for hydroxylation is 1. The van der Waals surface area contributed by atoms with Gasteiger partial charge in [0.05, 0.1) is 18.5 Å². The van der Waals surface area contributed by atoms with Crippen LogP contribution in [0.15, 0.2) is 42.5 Å². The molecule has 0 radical (unpaired) electrons. The van der Waals surface area contributed by atoms with Gasteiger partial charge in [-0.05, 0) is 36.2 Å². The number of ether oxygens (including phenoxy) is 1. The van der Waals surface area contributed by atoms with Gasteiger partial charge in [-0.25, -0.2) is 4.98 Å². The van der Waals surface area contributed by atoms with Gasteiger partial charge in [0.15, 0.2) is 0 Å². The first kappa shape index (κ1) is 14.0. The van der Waals surface area contributed by atoms with Crippen LogP contribution in [0.3, 0.4) is 0 Å². The van der Waals surface area contributed by atoms with Crippen molar-refractivity contribution in [1.82, 2.24) is 9.55 Å². The van der Waals surface area contributed by atoms with E-state index in [1.54, 1.807) is 7.11 Å². The van der Waals surface area contributed by atoms with Crippen molar-refractivity contribution in [3.63, 3.8) is 0 Å². The fraction of sp³-hybridized carbons (Fsp3) is 0.235. The lowest BCUT2D eigenvalue weighted by Crippen LogP contribution is -1.99. The minimum atomic E-state index is 0.355. The topological polar surface area (TPSA) is 27.1 Å². The molecule has 108 valence electrons. The summed E-state index contributed by atoms with van der Waals surface area (Å²) in [6.07, 6.45) is 1.03.